The molecule has 0 amide bonds. The normalized spacial score (nSPS) is 9.38. The zero-order valence-corrected chi connectivity index (χ0v) is 17.9. The van der Waals surface area contributed by atoms with Crippen LogP contribution in [0, 0.1) is 13.8 Å². The Balaban J connectivity index is 0.000000196. The molecule has 0 N–H and O–H groups in total. The van der Waals surface area contributed by atoms with Crippen LogP contribution in [-0.2, 0) is 24.2 Å². The van der Waals surface area contributed by atoms with Crippen LogP contribution in [0.2, 0.25) is 0 Å². The van der Waals surface area contributed by atoms with Gasteiger partial charge in [0.25, 0.3) is 0 Å². The van der Waals surface area contributed by atoms with Gasteiger partial charge in [-0.3, -0.25) is 0 Å². The maximum atomic E-state index is 2.22. The molecule has 0 heterocycles. The predicted octanol–water partition coefficient (Wildman–Crippen LogP) is 6.23. The fourth-order valence-corrected chi connectivity index (χ4v) is 3.50. The molecule has 0 nitrogen and oxygen atoms in total. The molecule has 0 aliphatic heterocycles. The predicted molar refractivity (Wildman–Crippen MR) is 110 cm³/mol. The van der Waals surface area contributed by atoms with Crippen LogP contribution in [0.1, 0.15) is 22.3 Å². The second-order valence-electron chi connectivity index (χ2n) is 5.91. The number of aryl methyl sites for hydroxylation is 1. The third kappa shape index (κ3) is 6.66. The van der Waals surface area contributed by atoms with E-state index >= 15 is 0 Å². The van der Waals surface area contributed by atoms with Crippen LogP contribution in [0.15, 0.2) is 109 Å². The molecule has 26 heavy (non-hydrogen) atoms. The molecule has 0 spiro atoms. The Kier molecular flexibility index (Phi) is 8.94. The summed E-state index contributed by atoms with van der Waals surface area (Å²) in [6.45, 7) is 4.38. The first-order chi connectivity index (χ1) is 12.7. The van der Waals surface area contributed by atoms with Gasteiger partial charge in [0.15, 0.2) is 0 Å². The third-order valence-electron chi connectivity index (χ3n) is 4.05. The Morgan fingerprint density at radius 1 is 0.654 bits per heavy atom. The van der Waals surface area contributed by atoms with Crippen molar-refractivity contribution in [2.75, 3.05) is 0 Å². The van der Waals surface area contributed by atoms with Gasteiger partial charge in [0.2, 0.25) is 0 Å². The van der Waals surface area contributed by atoms with Crippen molar-refractivity contribution >= 4 is 3.21 Å². The molecule has 0 saturated heterocycles. The quantitative estimate of drug-likeness (QED) is 0.340. The molecule has 1 heteroatoms. The van der Waals surface area contributed by atoms with Crippen LogP contribution in [0.3, 0.4) is 0 Å². The van der Waals surface area contributed by atoms with Crippen molar-refractivity contribution in [3.8, 4) is 0 Å². The summed E-state index contributed by atoms with van der Waals surface area (Å²) in [5, 5.41) is 0. The first kappa shape index (κ1) is 20.2. The minimum Gasteiger partial charge on any atom is -0.214 e. The van der Waals surface area contributed by atoms with Gasteiger partial charge in [-0.05, 0) is 0 Å². The fraction of sp³-hybridized carbons (Fsp3) is 0.0800. The summed E-state index contributed by atoms with van der Waals surface area (Å²) in [4.78, 5) is 0. The number of benzene rings is 2. The molecule has 0 aliphatic carbocycles. The Hall–Kier alpha value is -2.11. The topological polar surface area (TPSA) is 0 Å². The first-order valence-corrected chi connectivity index (χ1v) is 9.97. The summed E-state index contributed by atoms with van der Waals surface area (Å²) in [5.74, 6) is 0. The van der Waals surface area contributed by atoms with Gasteiger partial charge >= 0.3 is 112 Å². The fourth-order valence-electron chi connectivity index (χ4n) is 2.42. The molecule has 128 valence electrons. The van der Waals surface area contributed by atoms with Crippen LogP contribution in [0.25, 0.3) is 0 Å². The molecule has 0 aromatic heterocycles. The zero-order valence-electron chi connectivity index (χ0n) is 15.4. The summed E-state index contributed by atoms with van der Waals surface area (Å²) in [5.41, 5.74) is 5.50. The molecular weight excluding hydrogens is 391 g/mol. The number of hydrogen-bond donors (Lipinski definition) is 0. The van der Waals surface area contributed by atoms with Crippen LogP contribution in [-0.4, -0.2) is 3.21 Å². The zero-order chi connectivity index (χ0) is 18.6. The maximum absolute atomic E-state index is 2.22. The van der Waals surface area contributed by atoms with Crippen LogP contribution in [0.4, 0.5) is 0 Å². The molecule has 0 radical (unpaired) electrons. The van der Waals surface area contributed by atoms with E-state index < -0.39 is 0 Å². The molecule has 0 unspecified atom stereocenters. The molecule has 0 aliphatic rings. The average Bonchev–Trinajstić information content (AvgIpc) is 3.43. The van der Waals surface area contributed by atoms with E-state index in [0.29, 0.717) is 0 Å². The average molecular weight is 416 g/mol. The largest absolute Gasteiger partial charge is 0.214 e. The number of hydrogen-bond acceptors (Lipinski definition) is 0. The van der Waals surface area contributed by atoms with Gasteiger partial charge in [0.05, 0.1) is 0 Å². The minimum absolute atomic E-state index is 1.34. The van der Waals surface area contributed by atoms with Crippen molar-refractivity contribution in [3.63, 3.8) is 0 Å². The summed E-state index contributed by atoms with van der Waals surface area (Å²) < 4.78 is 1.44. The Morgan fingerprint density at radius 3 is 1.65 bits per heavy atom. The summed E-state index contributed by atoms with van der Waals surface area (Å²) in [7, 11) is 0. The van der Waals surface area contributed by atoms with E-state index in [2.05, 4.69) is 62.4 Å². The molecule has 0 fully saturated rings. The standard InChI is InChI=1S/C15H14.2C5H5.Zr/c1-12-7-6-10-15(13(12)2)11-14-8-4-3-5-9-14;2*1-2-4-5-3-1;/h3-10H,1-2H3;2*1-5H;/q;2*-1;+2. The third-order valence-corrected chi connectivity index (χ3v) is 5.42. The van der Waals surface area contributed by atoms with Crippen molar-refractivity contribution in [1.82, 2.24) is 0 Å². The van der Waals surface area contributed by atoms with E-state index in [-0.39, 0.29) is 0 Å². The Morgan fingerprint density at radius 2 is 1.19 bits per heavy atom. The minimum atomic E-state index is 1.34. The monoisotopic (exact) mass is 414 g/mol. The molecule has 4 rings (SSSR count). The van der Waals surface area contributed by atoms with E-state index in [9.17, 15) is 0 Å². The SMILES string of the molecule is Cc1cccc([C](=[Zr+2])c2ccccc2)c1C.c1cc[cH-]c1.c1cc[cH-]c1. The molecule has 0 saturated carbocycles. The summed E-state index contributed by atoms with van der Waals surface area (Å²) in [6.07, 6.45) is 0. The van der Waals surface area contributed by atoms with Crippen molar-refractivity contribution in [2.45, 2.75) is 13.8 Å². The van der Waals surface area contributed by atoms with E-state index in [4.69, 9.17) is 0 Å². The van der Waals surface area contributed by atoms with Crippen molar-refractivity contribution in [1.29, 1.82) is 0 Å². The van der Waals surface area contributed by atoms with Crippen molar-refractivity contribution < 1.29 is 24.2 Å². The van der Waals surface area contributed by atoms with Crippen LogP contribution >= 0.6 is 0 Å². The number of rotatable bonds is 2. The van der Waals surface area contributed by atoms with Gasteiger partial charge < -0.3 is 0 Å². The second-order valence-corrected chi connectivity index (χ2v) is 7.14. The molecule has 4 aromatic rings. The molecular formula is C25H24Zr. The molecule has 4 aromatic carbocycles. The Labute approximate surface area is 172 Å². The van der Waals surface area contributed by atoms with Crippen molar-refractivity contribution in [2.24, 2.45) is 0 Å². The summed E-state index contributed by atoms with van der Waals surface area (Å²) >= 11 is 1.47. The van der Waals surface area contributed by atoms with Gasteiger partial charge in [0, 0.05) is 0 Å². The van der Waals surface area contributed by atoms with E-state index in [1.54, 1.807) is 0 Å². The smallest absolute Gasteiger partial charge is 0.172 e. The van der Waals surface area contributed by atoms with Crippen molar-refractivity contribution in [3.05, 3.63) is 131 Å². The van der Waals surface area contributed by atoms with E-state index in [0.717, 1.165) is 0 Å². The van der Waals surface area contributed by atoms with Gasteiger partial charge in [-0.25, -0.2) is 24.3 Å². The molecule has 0 atom stereocenters. The van der Waals surface area contributed by atoms with Gasteiger partial charge in [-0.2, -0.15) is 36.4 Å². The maximum Gasteiger partial charge on any atom is -0.172 e. The second kappa shape index (κ2) is 11.5. The Bertz CT molecular complexity index is 793. The first-order valence-electron chi connectivity index (χ1n) is 8.74. The van der Waals surface area contributed by atoms with Gasteiger partial charge in [0.1, 0.15) is 0 Å². The van der Waals surface area contributed by atoms with Gasteiger partial charge in [-0.1, -0.05) is 0 Å². The molecule has 0 bridgehead atoms. The van der Waals surface area contributed by atoms with Crippen LogP contribution in [0.5, 0.6) is 0 Å². The van der Waals surface area contributed by atoms with Gasteiger partial charge in [-0.15, -0.1) is 0 Å². The van der Waals surface area contributed by atoms with E-state index in [1.165, 1.54) is 49.7 Å². The van der Waals surface area contributed by atoms with Crippen LogP contribution < -0.4 is 0 Å². The summed E-state index contributed by atoms with van der Waals surface area (Å²) in [6, 6.07) is 37.2. The van der Waals surface area contributed by atoms with E-state index in [1.807, 2.05) is 60.7 Å².